The zero-order valence-corrected chi connectivity index (χ0v) is 20.5. The molecule has 0 spiro atoms. The number of fused-ring (bicyclic) bond motifs is 1. The first kappa shape index (κ1) is 24.3. The highest BCUT2D eigenvalue weighted by molar-refractivity contribution is 6.49. The molecule has 9 heteroatoms. The van der Waals surface area contributed by atoms with Gasteiger partial charge in [-0.15, -0.1) is 0 Å². The lowest BCUT2D eigenvalue weighted by Gasteiger charge is -2.12. The number of aromatic nitrogens is 1. The van der Waals surface area contributed by atoms with E-state index in [4.69, 9.17) is 51.1 Å². The van der Waals surface area contributed by atoms with Crippen LogP contribution in [0.5, 0.6) is 0 Å². The van der Waals surface area contributed by atoms with E-state index in [2.05, 4.69) is 10.3 Å². The molecule has 1 heterocycles. The Bertz CT molecular complexity index is 1410. The molecule has 3 aromatic carbocycles. The Morgan fingerprint density at radius 1 is 0.853 bits per heavy atom. The minimum atomic E-state index is -0.677. The molecule has 0 saturated carbocycles. The molecule has 1 aromatic heterocycles. The Balaban J connectivity index is 1.56. The quantitative estimate of drug-likeness (QED) is 0.214. The largest absolute Gasteiger partial charge is 0.452 e. The molecule has 5 nitrogen and oxygen atoms in total. The average Bonchev–Trinajstić information content (AvgIpc) is 2.84. The Morgan fingerprint density at radius 2 is 1.59 bits per heavy atom. The number of para-hydroxylation sites is 1. The molecule has 0 bridgehead atoms. The molecule has 0 aliphatic carbocycles. The number of carbonyl (C=O) groups is 2. The van der Waals surface area contributed by atoms with Gasteiger partial charge in [-0.25, -0.2) is 9.78 Å². The molecule has 0 fully saturated rings. The van der Waals surface area contributed by atoms with Crippen molar-refractivity contribution >= 4 is 69.2 Å². The summed E-state index contributed by atoms with van der Waals surface area (Å²) in [5.74, 6) is -1.14. The van der Waals surface area contributed by atoms with Crippen molar-refractivity contribution in [3.8, 4) is 11.3 Å². The van der Waals surface area contributed by atoms with Crippen molar-refractivity contribution in [3.63, 3.8) is 0 Å². The van der Waals surface area contributed by atoms with Gasteiger partial charge >= 0.3 is 5.97 Å². The van der Waals surface area contributed by atoms with Crippen molar-refractivity contribution in [3.05, 3.63) is 97.9 Å². The third-order valence-corrected chi connectivity index (χ3v) is 6.68. The van der Waals surface area contributed by atoms with Crippen LogP contribution in [0.15, 0.2) is 66.7 Å². The van der Waals surface area contributed by atoms with Crippen molar-refractivity contribution in [1.82, 2.24) is 10.3 Å². The molecule has 0 aliphatic heterocycles. The molecule has 0 radical (unpaired) electrons. The number of halogens is 4. The first-order valence-electron chi connectivity index (χ1n) is 10.1. The molecule has 1 amide bonds. The number of benzene rings is 3. The van der Waals surface area contributed by atoms with Gasteiger partial charge in [0.2, 0.25) is 0 Å². The fourth-order valence-electron chi connectivity index (χ4n) is 3.30. The second-order valence-electron chi connectivity index (χ2n) is 7.24. The smallest absolute Gasteiger partial charge is 0.339 e. The van der Waals surface area contributed by atoms with Crippen LogP contribution in [-0.4, -0.2) is 23.5 Å². The maximum Gasteiger partial charge on any atom is 0.339 e. The van der Waals surface area contributed by atoms with Gasteiger partial charge in [-0.1, -0.05) is 82.8 Å². The average molecular weight is 534 g/mol. The number of rotatable bonds is 6. The molecule has 0 aliphatic rings. The highest BCUT2D eigenvalue weighted by Gasteiger charge is 2.19. The van der Waals surface area contributed by atoms with E-state index in [1.165, 1.54) is 0 Å². The predicted octanol–water partition coefficient (Wildman–Crippen LogP) is 6.99. The van der Waals surface area contributed by atoms with Gasteiger partial charge in [-0.05, 0) is 35.9 Å². The van der Waals surface area contributed by atoms with Crippen molar-refractivity contribution in [2.75, 3.05) is 6.61 Å². The van der Waals surface area contributed by atoms with E-state index in [-0.39, 0.29) is 22.2 Å². The lowest BCUT2D eigenvalue weighted by molar-refractivity contribution is -0.124. The SMILES string of the molecule is O=C(COC(=O)c1cc(-c2ccc(Cl)c(Cl)c2Cl)nc2ccccc12)NCc1ccccc1Cl. The summed E-state index contributed by atoms with van der Waals surface area (Å²) in [6.45, 7) is -0.239. The Kier molecular flexibility index (Phi) is 7.59. The van der Waals surface area contributed by atoms with Crippen LogP contribution in [0.2, 0.25) is 20.1 Å². The number of nitrogens with zero attached hydrogens (tertiary/aromatic N) is 1. The lowest BCUT2D eigenvalue weighted by Crippen LogP contribution is -2.28. The number of carbonyl (C=O) groups excluding carboxylic acids is 2. The van der Waals surface area contributed by atoms with E-state index in [0.717, 1.165) is 5.56 Å². The summed E-state index contributed by atoms with van der Waals surface area (Å²) in [5.41, 5.74) is 2.47. The van der Waals surface area contributed by atoms with Crippen LogP contribution in [0.3, 0.4) is 0 Å². The maximum absolute atomic E-state index is 12.9. The van der Waals surface area contributed by atoms with E-state index in [1.807, 2.05) is 6.07 Å². The summed E-state index contributed by atoms with van der Waals surface area (Å²) in [6.07, 6.45) is 0. The van der Waals surface area contributed by atoms with Crippen molar-refractivity contribution < 1.29 is 14.3 Å². The van der Waals surface area contributed by atoms with Crippen LogP contribution in [0.4, 0.5) is 0 Å². The summed E-state index contributed by atoms with van der Waals surface area (Å²) in [6, 6.07) is 19.1. The molecule has 0 unspecified atom stereocenters. The van der Waals surface area contributed by atoms with E-state index >= 15 is 0 Å². The zero-order chi connectivity index (χ0) is 24.2. The van der Waals surface area contributed by atoms with Crippen molar-refractivity contribution in [2.24, 2.45) is 0 Å². The van der Waals surface area contributed by atoms with Crippen LogP contribution < -0.4 is 5.32 Å². The molecule has 0 atom stereocenters. The van der Waals surface area contributed by atoms with Gasteiger partial charge in [-0.2, -0.15) is 0 Å². The summed E-state index contributed by atoms with van der Waals surface area (Å²) in [7, 11) is 0. The minimum Gasteiger partial charge on any atom is -0.452 e. The summed E-state index contributed by atoms with van der Waals surface area (Å²) in [5, 5.41) is 4.51. The topological polar surface area (TPSA) is 68.3 Å². The number of pyridine rings is 1. The van der Waals surface area contributed by atoms with E-state index in [1.54, 1.807) is 60.7 Å². The summed E-state index contributed by atoms with van der Waals surface area (Å²) < 4.78 is 5.29. The number of ether oxygens (including phenoxy) is 1. The number of hydrogen-bond donors (Lipinski definition) is 1. The highest BCUT2D eigenvalue weighted by atomic mass is 35.5. The molecular formula is C25H16Cl4N2O3. The Morgan fingerprint density at radius 3 is 2.38 bits per heavy atom. The maximum atomic E-state index is 12.9. The van der Waals surface area contributed by atoms with Crippen molar-refractivity contribution in [1.29, 1.82) is 0 Å². The van der Waals surface area contributed by atoms with Crippen molar-refractivity contribution in [2.45, 2.75) is 6.54 Å². The normalized spacial score (nSPS) is 10.8. The third kappa shape index (κ3) is 5.29. The number of nitrogens with one attached hydrogen (secondary N) is 1. The molecule has 0 saturated heterocycles. The first-order valence-corrected chi connectivity index (χ1v) is 11.6. The molecule has 4 aromatic rings. The second kappa shape index (κ2) is 10.6. The third-order valence-electron chi connectivity index (χ3n) is 5.02. The van der Waals surface area contributed by atoms with Crippen LogP contribution in [-0.2, 0) is 16.1 Å². The summed E-state index contributed by atoms with van der Waals surface area (Å²) >= 11 is 24.7. The first-order chi connectivity index (χ1) is 16.3. The predicted molar refractivity (Wildman–Crippen MR) is 136 cm³/mol. The van der Waals surface area contributed by atoms with Crippen LogP contribution in [0.25, 0.3) is 22.2 Å². The van der Waals surface area contributed by atoms with Gasteiger partial charge < -0.3 is 10.1 Å². The van der Waals surface area contributed by atoms with Gasteiger partial charge in [0.05, 0.1) is 31.8 Å². The van der Waals surface area contributed by atoms with E-state index < -0.39 is 18.5 Å². The van der Waals surface area contributed by atoms with Crippen LogP contribution >= 0.6 is 46.4 Å². The monoisotopic (exact) mass is 532 g/mol. The lowest BCUT2D eigenvalue weighted by atomic mass is 10.0. The second-order valence-corrected chi connectivity index (χ2v) is 8.81. The fraction of sp³-hybridized carbons (Fsp3) is 0.0800. The number of hydrogen-bond acceptors (Lipinski definition) is 4. The van der Waals surface area contributed by atoms with Crippen LogP contribution in [0.1, 0.15) is 15.9 Å². The Labute approximate surface area is 215 Å². The molecule has 172 valence electrons. The molecule has 4 rings (SSSR count). The van der Waals surface area contributed by atoms with Gasteiger partial charge in [0.1, 0.15) is 0 Å². The van der Waals surface area contributed by atoms with Gasteiger partial charge in [0, 0.05) is 22.5 Å². The zero-order valence-electron chi connectivity index (χ0n) is 17.4. The highest BCUT2D eigenvalue weighted by Crippen LogP contribution is 2.38. The molecule has 34 heavy (non-hydrogen) atoms. The molecular weight excluding hydrogens is 518 g/mol. The number of amides is 1. The fourth-order valence-corrected chi connectivity index (χ4v) is 4.14. The van der Waals surface area contributed by atoms with Gasteiger partial charge in [0.25, 0.3) is 5.91 Å². The summed E-state index contributed by atoms with van der Waals surface area (Å²) in [4.78, 5) is 29.8. The van der Waals surface area contributed by atoms with Crippen LogP contribution in [0, 0.1) is 0 Å². The molecule has 1 N–H and O–H groups in total. The Hall–Kier alpha value is -2.83. The van der Waals surface area contributed by atoms with E-state index in [0.29, 0.717) is 32.2 Å². The minimum absolute atomic E-state index is 0.190. The number of esters is 1. The van der Waals surface area contributed by atoms with Gasteiger partial charge in [-0.3, -0.25) is 4.79 Å². The standard InChI is InChI=1S/C25H16Cl4N2O3/c26-18-7-3-1-5-14(18)12-30-22(32)13-34-25(33)17-11-21(31-20-8-4-2-6-15(17)20)16-9-10-19(27)24(29)23(16)28/h1-11H,12-13H2,(H,30,32). The van der Waals surface area contributed by atoms with Gasteiger partial charge in [0.15, 0.2) is 6.61 Å². The van der Waals surface area contributed by atoms with E-state index in [9.17, 15) is 9.59 Å².